The predicted octanol–water partition coefficient (Wildman–Crippen LogP) is 14.1. The van der Waals surface area contributed by atoms with Crippen molar-refractivity contribution in [3.05, 3.63) is 0 Å². The highest BCUT2D eigenvalue weighted by molar-refractivity contribution is 5.85. The fourth-order valence-corrected chi connectivity index (χ4v) is 6.62. The molecule has 2 N–H and O–H groups in total. The van der Waals surface area contributed by atoms with Crippen molar-refractivity contribution in [1.29, 1.82) is 0 Å². The first-order valence-corrected chi connectivity index (χ1v) is 20.8. The molecule has 1 aliphatic carbocycles. The Labute approximate surface area is 306 Å². The van der Waals surface area contributed by atoms with Gasteiger partial charge in [-0.05, 0) is 26.2 Å². The summed E-state index contributed by atoms with van der Waals surface area (Å²) in [6.07, 6.45) is 42.4. The fraction of sp³-hybridized carbons (Fsp3) is 0.952. The maximum atomic E-state index is 11.9. The third kappa shape index (κ3) is 31.2. The zero-order valence-corrected chi connectivity index (χ0v) is 33.8. The second-order valence-corrected chi connectivity index (χ2v) is 15.7. The first kappa shape index (κ1) is 49.3. The molecule has 5 nitrogen and oxygen atoms in total. The van der Waals surface area contributed by atoms with E-state index in [2.05, 4.69) is 39.5 Å². The molecule has 1 fully saturated rings. The molecule has 1 rings (SSSR count). The minimum atomic E-state index is -0.287. The van der Waals surface area contributed by atoms with Gasteiger partial charge in [0.25, 0.3) is 0 Å². The fourth-order valence-electron chi connectivity index (χ4n) is 6.62. The SMILES string of the molecule is CCCCCCCCCCCCCCCCCC(=O)OC1(C)CC1(C)C.CCCCCCCCCCCCCCCCCC(=O)ON.Cl. The van der Waals surface area contributed by atoms with E-state index >= 15 is 0 Å². The summed E-state index contributed by atoms with van der Waals surface area (Å²) in [7, 11) is 0. The third-order valence-electron chi connectivity index (χ3n) is 10.5. The van der Waals surface area contributed by atoms with Gasteiger partial charge in [-0.25, -0.2) is 0 Å². The molecular formula is C42H84ClNO4. The highest BCUT2D eigenvalue weighted by Crippen LogP contribution is 2.58. The van der Waals surface area contributed by atoms with Gasteiger partial charge in [0.05, 0.1) is 0 Å². The topological polar surface area (TPSA) is 78.6 Å². The van der Waals surface area contributed by atoms with E-state index in [4.69, 9.17) is 10.6 Å². The molecule has 0 aromatic rings. The Balaban J connectivity index is 0. The molecule has 48 heavy (non-hydrogen) atoms. The molecule has 0 heterocycles. The summed E-state index contributed by atoms with van der Waals surface area (Å²) in [6.45, 7) is 11.0. The van der Waals surface area contributed by atoms with Gasteiger partial charge in [-0.3, -0.25) is 9.59 Å². The number of carbonyl (C=O) groups is 2. The van der Waals surface area contributed by atoms with Crippen molar-refractivity contribution in [2.75, 3.05) is 0 Å². The van der Waals surface area contributed by atoms with E-state index in [0.29, 0.717) is 12.8 Å². The van der Waals surface area contributed by atoms with Crippen LogP contribution in [0.5, 0.6) is 0 Å². The summed E-state index contributed by atoms with van der Waals surface area (Å²) >= 11 is 0. The summed E-state index contributed by atoms with van der Waals surface area (Å²) in [5, 5.41) is 0. The van der Waals surface area contributed by atoms with Crippen molar-refractivity contribution in [2.45, 2.75) is 252 Å². The standard InChI is InChI=1S/C24H46O2.C18H37NO2.ClH/c1-5-6-7-8-9-10-11-12-13-14-15-16-17-18-19-20-22(25)26-24(4)21-23(24,2)3;1-2-3-4-5-6-7-8-9-10-11-12-13-14-15-16-17-18(20)21-19;/h5-21H2,1-4H3;2-17,19H2,1H3;1H. The largest absolute Gasteiger partial charge is 0.459 e. The Morgan fingerprint density at radius 2 is 0.688 bits per heavy atom. The molecule has 1 atom stereocenters. The van der Waals surface area contributed by atoms with Crippen LogP contribution in [0, 0.1) is 5.41 Å². The van der Waals surface area contributed by atoms with Crippen LogP contribution >= 0.6 is 12.4 Å². The monoisotopic (exact) mass is 702 g/mol. The van der Waals surface area contributed by atoms with Gasteiger partial charge in [-0.15, -0.1) is 12.4 Å². The second-order valence-electron chi connectivity index (χ2n) is 15.7. The summed E-state index contributed by atoms with van der Waals surface area (Å²) in [5.74, 6) is 4.50. The van der Waals surface area contributed by atoms with Crippen LogP contribution in [-0.2, 0) is 19.2 Å². The molecule has 0 spiro atoms. The lowest BCUT2D eigenvalue weighted by Crippen LogP contribution is -2.21. The smallest absolute Gasteiger partial charge is 0.324 e. The lowest BCUT2D eigenvalue weighted by molar-refractivity contribution is -0.152. The number of hydrogen-bond acceptors (Lipinski definition) is 5. The Kier molecular flexibility index (Phi) is 35.6. The van der Waals surface area contributed by atoms with Gasteiger partial charge >= 0.3 is 11.9 Å². The molecule has 288 valence electrons. The highest BCUT2D eigenvalue weighted by Gasteiger charge is 2.61. The molecule has 0 radical (unpaired) electrons. The Hall–Kier alpha value is -0.810. The van der Waals surface area contributed by atoms with Crippen LogP contribution in [-0.4, -0.2) is 17.5 Å². The van der Waals surface area contributed by atoms with E-state index in [-0.39, 0.29) is 35.4 Å². The van der Waals surface area contributed by atoms with E-state index in [0.717, 1.165) is 25.7 Å². The molecule has 0 bridgehead atoms. The molecule has 0 aromatic heterocycles. The van der Waals surface area contributed by atoms with E-state index < -0.39 is 0 Å². The number of unbranched alkanes of at least 4 members (excludes halogenated alkanes) is 28. The van der Waals surface area contributed by atoms with Crippen molar-refractivity contribution < 1.29 is 19.2 Å². The van der Waals surface area contributed by atoms with Gasteiger partial charge < -0.3 is 9.57 Å². The second kappa shape index (κ2) is 34.6. The number of esters is 1. The normalized spacial score (nSPS) is 16.0. The van der Waals surface area contributed by atoms with E-state index in [1.807, 2.05) is 0 Å². The predicted molar refractivity (Wildman–Crippen MR) is 210 cm³/mol. The van der Waals surface area contributed by atoms with Crippen LogP contribution in [0.3, 0.4) is 0 Å². The molecule has 0 saturated heterocycles. The quantitative estimate of drug-likeness (QED) is 0.0418. The highest BCUT2D eigenvalue weighted by atomic mass is 35.5. The van der Waals surface area contributed by atoms with Gasteiger partial charge in [0.1, 0.15) is 5.60 Å². The molecule has 1 aliphatic rings. The van der Waals surface area contributed by atoms with E-state index in [1.54, 1.807) is 0 Å². The van der Waals surface area contributed by atoms with Gasteiger partial charge in [0.2, 0.25) is 0 Å². The van der Waals surface area contributed by atoms with E-state index in [1.165, 1.54) is 173 Å². The summed E-state index contributed by atoms with van der Waals surface area (Å²) in [4.78, 5) is 26.8. The van der Waals surface area contributed by atoms with Crippen LogP contribution in [0.25, 0.3) is 0 Å². The van der Waals surface area contributed by atoms with Crippen molar-refractivity contribution >= 4 is 24.3 Å². The van der Waals surface area contributed by atoms with Crippen LogP contribution < -0.4 is 5.90 Å². The van der Waals surface area contributed by atoms with Gasteiger partial charge in [0.15, 0.2) is 0 Å². The maximum absolute atomic E-state index is 11.9. The lowest BCUT2D eigenvalue weighted by atomic mass is 10.0. The molecule has 1 saturated carbocycles. The maximum Gasteiger partial charge on any atom is 0.324 e. The van der Waals surface area contributed by atoms with Gasteiger partial charge in [-0.1, -0.05) is 207 Å². The van der Waals surface area contributed by atoms with Crippen molar-refractivity contribution in [3.8, 4) is 0 Å². The van der Waals surface area contributed by atoms with Gasteiger partial charge in [0, 0.05) is 18.3 Å². The number of halogens is 1. The summed E-state index contributed by atoms with van der Waals surface area (Å²) in [5.41, 5.74) is -0.0166. The van der Waals surface area contributed by atoms with Crippen molar-refractivity contribution in [3.63, 3.8) is 0 Å². The molecular weight excluding hydrogens is 618 g/mol. The molecule has 6 heteroatoms. The van der Waals surface area contributed by atoms with Crippen molar-refractivity contribution in [2.24, 2.45) is 11.3 Å². The number of nitrogens with two attached hydrogens (primary N) is 1. The third-order valence-corrected chi connectivity index (χ3v) is 10.5. The van der Waals surface area contributed by atoms with Crippen LogP contribution in [0.4, 0.5) is 0 Å². The number of carbonyl (C=O) groups excluding carboxylic acids is 2. The molecule has 0 aliphatic heterocycles. The Morgan fingerprint density at radius 1 is 0.458 bits per heavy atom. The van der Waals surface area contributed by atoms with Crippen LogP contribution in [0.1, 0.15) is 247 Å². The summed E-state index contributed by atoms with van der Waals surface area (Å²) < 4.78 is 5.64. The zero-order valence-electron chi connectivity index (χ0n) is 33.0. The molecule has 0 aromatic carbocycles. The molecule has 0 amide bonds. The lowest BCUT2D eigenvalue weighted by Gasteiger charge is -2.16. The minimum absolute atomic E-state index is 0. The number of ether oxygens (including phenoxy) is 1. The number of rotatable bonds is 33. The Morgan fingerprint density at radius 3 is 0.917 bits per heavy atom. The first-order valence-electron chi connectivity index (χ1n) is 20.8. The van der Waals surface area contributed by atoms with E-state index in [9.17, 15) is 9.59 Å². The minimum Gasteiger partial charge on any atom is -0.459 e. The van der Waals surface area contributed by atoms with Crippen LogP contribution in [0.15, 0.2) is 0 Å². The summed E-state index contributed by atoms with van der Waals surface area (Å²) in [6, 6.07) is 0. The van der Waals surface area contributed by atoms with Crippen molar-refractivity contribution in [1.82, 2.24) is 0 Å². The first-order chi connectivity index (χ1) is 22.7. The average molecular weight is 703 g/mol. The number of hydrogen-bond donors (Lipinski definition) is 1. The van der Waals surface area contributed by atoms with Gasteiger partial charge in [-0.2, -0.15) is 5.90 Å². The zero-order chi connectivity index (χ0) is 34.9. The Bertz CT molecular complexity index is 716. The average Bonchev–Trinajstić information content (AvgIpc) is 3.55. The van der Waals surface area contributed by atoms with Crippen LogP contribution in [0.2, 0.25) is 0 Å². The molecule has 1 unspecified atom stereocenters.